The lowest BCUT2D eigenvalue weighted by Crippen LogP contribution is -2.05. The van der Waals surface area contributed by atoms with Gasteiger partial charge in [-0.1, -0.05) is 97.3 Å². The van der Waals surface area contributed by atoms with Gasteiger partial charge in [0.25, 0.3) is 0 Å². The van der Waals surface area contributed by atoms with Gasteiger partial charge in [0.05, 0.1) is 6.10 Å². The minimum absolute atomic E-state index is 0.0261. The first-order valence-electron chi connectivity index (χ1n) is 8.99. The average Bonchev–Trinajstić information content (AvgIpc) is 2.41. The largest absolute Gasteiger partial charge is 0.393 e. The first-order valence-corrected chi connectivity index (χ1v) is 8.99. The fourth-order valence-electron chi connectivity index (χ4n) is 2.64. The quantitative estimate of drug-likeness (QED) is 0.349. The number of aliphatic hydroxyl groups is 1. The van der Waals surface area contributed by atoms with Gasteiger partial charge in [0.15, 0.2) is 0 Å². The number of hydrogen-bond donors (Lipinski definition) is 1. The van der Waals surface area contributed by atoms with Crippen LogP contribution < -0.4 is 0 Å². The number of hydrogen-bond acceptors (Lipinski definition) is 1. The van der Waals surface area contributed by atoms with Gasteiger partial charge in [-0.3, -0.25) is 0 Å². The van der Waals surface area contributed by atoms with Crippen LogP contribution in [0.15, 0.2) is 0 Å². The topological polar surface area (TPSA) is 20.2 Å². The minimum atomic E-state index is -0.0261. The number of unbranched alkanes of at least 4 members (excludes halogenated alkanes) is 11. The lowest BCUT2D eigenvalue weighted by molar-refractivity contribution is 0.147. The lowest BCUT2D eigenvalue weighted by Gasteiger charge is -2.10. The Balaban J connectivity index is 3.10. The van der Waals surface area contributed by atoms with Gasteiger partial charge in [-0.25, -0.2) is 0 Å². The van der Waals surface area contributed by atoms with Crippen LogP contribution in [0.25, 0.3) is 0 Å². The third-order valence-electron chi connectivity index (χ3n) is 4.03. The van der Waals surface area contributed by atoms with Crippen molar-refractivity contribution < 1.29 is 5.11 Å². The van der Waals surface area contributed by atoms with E-state index in [1.165, 1.54) is 83.5 Å². The smallest absolute Gasteiger partial charge is 0.0540 e. The minimum Gasteiger partial charge on any atom is -0.393 e. The van der Waals surface area contributed by atoms with Crippen molar-refractivity contribution in [3.05, 3.63) is 0 Å². The molecule has 0 saturated heterocycles. The molecule has 1 N–H and O–H groups in total. The molecule has 0 aromatic carbocycles. The molecule has 0 aromatic heterocycles. The average molecular weight is 271 g/mol. The molecular formula is C18H38O. The highest BCUT2D eigenvalue weighted by atomic mass is 16.3. The Morgan fingerprint density at radius 2 is 0.842 bits per heavy atom. The van der Waals surface area contributed by atoms with Crippen LogP contribution in [0.1, 0.15) is 110 Å². The third kappa shape index (κ3) is 15.9. The molecule has 0 heterocycles. The van der Waals surface area contributed by atoms with Gasteiger partial charge in [-0.05, 0) is 12.8 Å². The zero-order valence-corrected chi connectivity index (χ0v) is 13.6. The van der Waals surface area contributed by atoms with Crippen molar-refractivity contribution in [1.29, 1.82) is 0 Å². The Kier molecular flexibility index (Phi) is 16.0. The second-order valence-electron chi connectivity index (χ2n) is 6.12. The summed E-state index contributed by atoms with van der Waals surface area (Å²) in [5, 5.41) is 9.89. The molecule has 0 spiro atoms. The Morgan fingerprint density at radius 1 is 0.526 bits per heavy atom. The molecule has 0 amide bonds. The zero-order valence-electron chi connectivity index (χ0n) is 13.6. The fraction of sp³-hybridized carbons (Fsp3) is 1.00. The second kappa shape index (κ2) is 16.0. The van der Waals surface area contributed by atoms with Gasteiger partial charge >= 0.3 is 0 Å². The second-order valence-corrected chi connectivity index (χ2v) is 6.12. The van der Waals surface area contributed by atoms with Crippen LogP contribution >= 0.6 is 0 Å². The Morgan fingerprint density at radius 3 is 1.21 bits per heavy atom. The number of rotatable bonds is 15. The summed E-state index contributed by atoms with van der Waals surface area (Å²) < 4.78 is 0. The van der Waals surface area contributed by atoms with Crippen molar-refractivity contribution >= 4 is 0 Å². The molecule has 0 bridgehead atoms. The van der Waals surface area contributed by atoms with Gasteiger partial charge in [-0.15, -0.1) is 0 Å². The molecular weight excluding hydrogens is 232 g/mol. The molecule has 0 saturated carbocycles. The maximum atomic E-state index is 9.89. The molecule has 19 heavy (non-hydrogen) atoms. The molecule has 0 rings (SSSR count). The summed E-state index contributed by atoms with van der Waals surface area (Å²) >= 11 is 0. The predicted octanol–water partition coefficient (Wildman–Crippen LogP) is 6.24. The molecule has 1 atom stereocenters. The summed E-state index contributed by atoms with van der Waals surface area (Å²) in [7, 11) is 0. The Hall–Kier alpha value is -0.0400. The Labute approximate surface area is 122 Å². The molecule has 1 nitrogen and oxygen atoms in total. The zero-order chi connectivity index (χ0) is 14.2. The van der Waals surface area contributed by atoms with Gasteiger partial charge in [0, 0.05) is 0 Å². The van der Waals surface area contributed by atoms with Crippen molar-refractivity contribution in [1.82, 2.24) is 0 Å². The first-order chi connectivity index (χ1) is 9.31. The summed E-state index contributed by atoms with van der Waals surface area (Å²) in [6.07, 6.45) is 19.4. The van der Waals surface area contributed by atoms with E-state index in [9.17, 15) is 5.11 Å². The first kappa shape index (κ1) is 19.0. The Bertz CT molecular complexity index is 156. The summed E-state index contributed by atoms with van der Waals surface area (Å²) in [6, 6.07) is 0. The molecule has 116 valence electrons. The molecule has 0 unspecified atom stereocenters. The summed E-state index contributed by atoms with van der Waals surface area (Å²) in [5.41, 5.74) is 0. The van der Waals surface area contributed by atoms with Crippen molar-refractivity contribution in [2.24, 2.45) is 0 Å². The van der Waals surface area contributed by atoms with Crippen molar-refractivity contribution in [2.75, 3.05) is 0 Å². The normalized spacial score (nSPS) is 12.8. The molecule has 0 fully saturated rings. The van der Waals surface area contributed by atoms with E-state index in [4.69, 9.17) is 0 Å². The van der Waals surface area contributed by atoms with E-state index in [1.807, 2.05) is 0 Å². The third-order valence-corrected chi connectivity index (χ3v) is 4.03. The van der Waals surface area contributed by atoms with Crippen LogP contribution in [-0.2, 0) is 0 Å². The summed E-state index contributed by atoms with van der Waals surface area (Å²) in [5.74, 6) is 0. The predicted molar refractivity (Wildman–Crippen MR) is 86.6 cm³/mol. The van der Waals surface area contributed by atoms with Crippen LogP contribution in [0.4, 0.5) is 0 Å². The van der Waals surface area contributed by atoms with Gasteiger partial charge in [-0.2, -0.15) is 0 Å². The van der Waals surface area contributed by atoms with Crippen molar-refractivity contribution in [3.8, 4) is 0 Å². The maximum Gasteiger partial charge on any atom is 0.0540 e. The highest BCUT2D eigenvalue weighted by Gasteiger charge is 2.03. The van der Waals surface area contributed by atoms with E-state index in [0.29, 0.717) is 0 Å². The van der Waals surface area contributed by atoms with Crippen LogP contribution in [0.3, 0.4) is 0 Å². The summed E-state index contributed by atoms with van der Waals surface area (Å²) in [6.45, 7) is 4.52. The van der Waals surface area contributed by atoms with Crippen LogP contribution in [0.2, 0.25) is 0 Å². The van der Waals surface area contributed by atoms with E-state index >= 15 is 0 Å². The van der Waals surface area contributed by atoms with Gasteiger partial charge in [0.2, 0.25) is 0 Å². The van der Waals surface area contributed by atoms with Crippen molar-refractivity contribution in [2.45, 2.75) is 116 Å². The fourth-order valence-corrected chi connectivity index (χ4v) is 2.64. The molecule has 0 aliphatic heterocycles. The van der Waals surface area contributed by atoms with Crippen LogP contribution in [0.5, 0.6) is 0 Å². The molecule has 0 aliphatic rings. The molecule has 0 aliphatic carbocycles. The van der Waals surface area contributed by atoms with Crippen LogP contribution in [-0.4, -0.2) is 11.2 Å². The SMILES string of the molecule is CCCCCCCCC[C@H](O)CCCCCCCC. The van der Waals surface area contributed by atoms with E-state index in [2.05, 4.69) is 13.8 Å². The lowest BCUT2D eigenvalue weighted by atomic mass is 10.0. The molecule has 0 radical (unpaired) electrons. The standard InChI is InChI=1S/C18H38O/c1-3-5-7-9-11-13-15-17-18(19)16-14-12-10-8-6-4-2/h18-19H,3-17H2,1-2H3/t18-/m1/s1. The molecule has 0 aromatic rings. The van der Waals surface area contributed by atoms with E-state index in [0.717, 1.165) is 12.8 Å². The molecule has 1 heteroatoms. The van der Waals surface area contributed by atoms with Gasteiger partial charge < -0.3 is 5.11 Å². The summed E-state index contributed by atoms with van der Waals surface area (Å²) in [4.78, 5) is 0. The monoisotopic (exact) mass is 270 g/mol. The highest BCUT2D eigenvalue weighted by molar-refractivity contribution is 4.57. The van der Waals surface area contributed by atoms with E-state index in [1.54, 1.807) is 0 Å². The van der Waals surface area contributed by atoms with Gasteiger partial charge in [0.1, 0.15) is 0 Å². The van der Waals surface area contributed by atoms with Crippen molar-refractivity contribution in [3.63, 3.8) is 0 Å². The van der Waals surface area contributed by atoms with E-state index < -0.39 is 0 Å². The highest BCUT2D eigenvalue weighted by Crippen LogP contribution is 2.14. The van der Waals surface area contributed by atoms with Crippen LogP contribution in [0, 0.1) is 0 Å². The maximum absolute atomic E-state index is 9.89. The van der Waals surface area contributed by atoms with E-state index in [-0.39, 0.29) is 6.10 Å². The number of aliphatic hydroxyl groups excluding tert-OH is 1.